The highest BCUT2D eigenvalue weighted by Crippen LogP contribution is 2.28. The normalized spacial score (nSPS) is 19.6. The van der Waals surface area contributed by atoms with Crippen LogP contribution in [0.1, 0.15) is 16.2 Å². The Balaban J connectivity index is 1.24. The number of rotatable bonds is 5. The van der Waals surface area contributed by atoms with Crippen molar-refractivity contribution in [2.45, 2.75) is 19.4 Å². The Morgan fingerprint density at radius 2 is 2.24 bits per heavy atom. The number of ether oxygens (including phenoxy) is 2. The van der Waals surface area contributed by atoms with E-state index in [0.717, 1.165) is 11.1 Å². The highest BCUT2D eigenvalue weighted by atomic mass is 16.5. The van der Waals surface area contributed by atoms with Crippen LogP contribution in [0.15, 0.2) is 42.9 Å². The summed E-state index contributed by atoms with van der Waals surface area (Å²) in [6.45, 7) is 1.25. The predicted octanol–water partition coefficient (Wildman–Crippen LogP) is 3.04. The van der Waals surface area contributed by atoms with Crippen LogP contribution >= 0.6 is 0 Å². The molecule has 3 aromatic heterocycles. The largest absolute Gasteiger partial charge is 0.455 e. The molecular formula is C23H25N7O4. The van der Waals surface area contributed by atoms with Gasteiger partial charge in [-0.1, -0.05) is 0 Å². The number of urea groups is 2. The van der Waals surface area contributed by atoms with Gasteiger partial charge in [-0.05, 0) is 31.5 Å². The predicted molar refractivity (Wildman–Crippen MR) is 123 cm³/mol. The maximum Gasteiger partial charge on any atom is 0.331 e. The summed E-state index contributed by atoms with van der Waals surface area (Å²) in [6, 6.07) is 5.72. The van der Waals surface area contributed by atoms with Crippen molar-refractivity contribution in [3.63, 3.8) is 0 Å². The molecule has 11 heteroatoms. The second kappa shape index (κ2) is 9.10. The Bertz CT molecular complexity index is 1320. The van der Waals surface area contributed by atoms with Gasteiger partial charge in [0.2, 0.25) is 0 Å². The number of anilines is 1. The molecule has 0 bridgehead atoms. The van der Waals surface area contributed by atoms with Crippen LogP contribution in [0.2, 0.25) is 0 Å². The van der Waals surface area contributed by atoms with Gasteiger partial charge in [-0.2, -0.15) is 5.10 Å². The Morgan fingerprint density at radius 1 is 1.32 bits per heavy atom. The molecule has 4 amide bonds. The zero-order valence-corrected chi connectivity index (χ0v) is 18.5. The van der Waals surface area contributed by atoms with Gasteiger partial charge in [-0.25, -0.2) is 19.5 Å². The third kappa shape index (κ3) is 4.42. The first-order chi connectivity index (χ1) is 17.7. The van der Waals surface area contributed by atoms with Crippen molar-refractivity contribution in [1.82, 2.24) is 29.5 Å². The molecule has 0 spiro atoms. The van der Waals surface area contributed by atoms with Crippen LogP contribution in [-0.4, -0.2) is 74.0 Å². The van der Waals surface area contributed by atoms with Crippen LogP contribution in [0.4, 0.5) is 15.4 Å². The van der Waals surface area contributed by atoms with Gasteiger partial charge < -0.3 is 14.4 Å². The molecule has 1 atom stereocenters. The molecule has 34 heavy (non-hydrogen) atoms. The van der Waals surface area contributed by atoms with Crippen LogP contribution in [0.5, 0.6) is 11.5 Å². The van der Waals surface area contributed by atoms with Gasteiger partial charge in [0.25, 0.3) is 0 Å². The molecular weight excluding hydrogens is 438 g/mol. The monoisotopic (exact) mass is 466 g/mol. The lowest BCUT2D eigenvalue weighted by atomic mass is 10.2. The van der Waals surface area contributed by atoms with Crippen molar-refractivity contribution in [3.8, 4) is 22.8 Å². The number of hydrogen-bond acceptors (Lipinski definition) is 7. The summed E-state index contributed by atoms with van der Waals surface area (Å²) >= 11 is 0. The Morgan fingerprint density at radius 3 is 3.00 bits per heavy atom. The molecule has 2 aliphatic heterocycles. The molecule has 2 aliphatic rings. The maximum atomic E-state index is 12.7. The van der Waals surface area contributed by atoms with E-state index in [-0.39, 0.29) is 17.9 Å². The molecule has 0 aromatic carbocycles. The highest BCUT2D eigenvalue weighted by molar-refractivity contribution is 6.01. The van der Waals surface area contributed by atoms with Gasteiger partial charge in [-0.15, -0.1) is 0 Å². The summed E-state index contributed by atoms with van der Waals surface area (Å²) in [5.74, 6) is 1.21. The molecule has 3 aromatic rings. The van der Waals surface area contributed by atoms with E-state index in [1.165, 1.54) is 17.3 Å². The summed E-state index contributed by atoms with van der Waals surface area (Å²) in [6.07, 6.45) is 5.14. The van der Waals surface area contributed by atoms with Gasteiger partial charge >= 0.3 is 12.1 Å². The van der Waals surface area contributed by atoms with Crippen LogP contribution in [-0.2, 0) is 11.7 Å². The number of aromatic nitrogens is 4. The fourth-order valence-electron chi connectivity index (χ4n) is 3.97. The lowest BCUT2D eigenvalue weighted by molar-refractivity contribution is 0.154. The molecule has 2 saturated heterocycles. The van der Waals surface area contributed by atoms with Crippen LogP contribution in [0, 0.1) is 6.92 Å². The number of hydrogen-bond donors (Lipinski definition) is 1. The molecule has 1 N–H and O–H groups in total. The first-order valence-corrected chi connectivity index (χ1v) is 10.8. The van der Waals surface area contributed by atoms with E-state index < -0.39 is 13.0 Å². The first-order valence-electron chi connectivity index (χ1n) is 12.3. The van der Waals surface area contributed by atoms with Gasteiger partial charge in [0, 0.05) is 54.8 Å². The third-order valence-electron chi connectivity index (χ3n) is 5.74. The molecule has 0 radical (unpaired) electrons. The molecule has 0 aliphatic carbocycles. The molecule has 176 valence electrons. The standard InChI is InChI=1S/C23H25N7O4/c1-15-20(34-18-5-7-24-19(11-18)16-12-25-28(2)13-16)3-4-21(26-15)27-22(31)30-9-8-29(23(30)32)17-6-10-33-14-17/h3-5,7,11-13,17H,6,8-10,14H2,1-2H3,(H,26,27,31)/t17-/m1/s1/i2D3. The average molecular weight is 467 g/mol. The maximum absolute atomic E-state index is 12.7. The summed E-state index contributed by atoms with van der Waals surface area (Å²) in [7, 11) is 0. The van der Waals surface area contributed by atoms with Crippen molar-refractivity contribution in [2.24, 2.45) is 6.98 Å². The second-order valence-corrected chi connectivity index (χ2v) is 8.01. The van der Waals surface area contributed by atoms with E-state index >= 15 is 0 Å². The van der Waals surface area contributed by atoms with Crippen molar-refractivity contribution in [2.75, 3.05) is 31.6 Å². The van der Waals surface area contributed by atoms with Crippen molar-refractivity contribution < 1.29 is 23.2 Å². The molecule has 5 heterocycles. The fraction of sp³-hybridized carbons (Fsp3) is 0.348. The third-order valence-corrected chi connectivity index (χ3v) is 5.74. The van der Waals surface area contributed by atoms with Crippen molar-refractivity contribution >= 4 is 17.9 Å². The fourth-order valence-corrected chi connectivity index (χ4v) is 3.97. The smallest absolute Gasteiger partial charge is 0.331 e. The van der Waals surface area contributed by atoms with E-state index in [2.05, 4.69) is 20.4 Å². The number of carbonyl (C=O) groups is 2. The molecule has 11 nitrogen and oxygen atoms in total. The number of aryl methyl sites for hydroxylation is 2. The lowest BCUT2D eigenvalue weighted by Gasteiger charge is -2.22. The number of pyridine rings is 2. The van der Waals surface area contributed by atoms with Gasteiger partial charge in [0.15, 0.2) is 0 Å². The van der Waals surface area contributed by atoms with Gasteiger partial charge in [-0.3, -0.25) is 15.0 Å². The number of imide groups is 1. The number of nitrogens with one attached hydrogen (secondary N) is 1. The van der Waals surface area contributed by atoms with Gasteiger partial charge in [0.1, 0.15) is 17.3 Å². The quantitative estimate of drug-likeness (QED) is 0.615. The Labute approximate surface area is 200 Å². The minimum Gasteiger partial charge on any atom is -0.455 e. The number of carbonyl (C=O) groups excluding carboxylic acids is 2. The van der Waals surface area contributed by atoms with E-state index in [0.29, 0.717) is 54.8 Å². The molecule has 0 saturated carbocycles. The average Bonchev–Trinajstić information content (AvgIpc) is 3.61. The summed E-state index contributed by atoms with van der Waals surface area (Å²) in [4.78, 5) is 36.9. The Hall–Kier alpha value is -3.99. The zero-order chi connectivity index (χ0) is 26.2. The van der Waals surface area contributed by atoms with Crippen molar-refractivity contribution in [1.29, 1.82) is 0 Å². The minimum absolute atomic E-state index is 0.00792. The van der Waals surface area contributed by atoms with E-state index in [1.807, 2.05) is 0 Å². The molecule has 5 rings (SSSR count). The van der Waals surface area contributed by atoms with Gasteiger partial charge in [0.05, 0.1) is 30.2 Å². The summed E-state index contributed by atoms with van der Waals surface area (Å²) < 4.78 is 34.6. The first kappa shape index (κ1) is 18.4. The lowest BCUT2D eigenvalue weighted by Crippen LogP contribution is -2.43. The van der Waals surface area contributed by atoms with Crippen molar-refractivity contribution in [3.05, 3.63) is 48.5 Å². The van der Waals surface area contributed by atoms with E-state index in [4.69, 9.17) is 13.6 Å². The van der Waals surface area contributed by atoms with Crippen LogP contribution in [0.25, 0.3) is 11.3 Å². The summed E-state index contributed by atoms with van der Waals surface area (Å²) in [5.41, 5.74) is 1.55. The molecule has 0 unspecified atom stereocenters. The van der Waals surface area contributed by atoms with E-state index in [9.17, 15) is 9.59 Å². The zero-order valence-electron chi connectivity index (χ0n) is 21.5. The Kier molecular flexibility index (Phi) is 4.94. The highest BCUT2D eigenvalue weighted by Gasteiger charge is 2.38. The summed E-state index contributed by atoms with van der Waals surface area (Å²) in [5, 5.41) is 6.56. The van der Waals surface area contributed by atoms with Crippen LogP contribution in [0.3, 0.4) is 0 Å². The topological polar surface area (TPSA) is 115 Å². The number of amides is 4. The SMILES string of the molecule is [2H]C([2H])([2H])n1cc(-c2cc(Oc3ccc(NC(=O)N4CCN([C@@H]5CCOC5)C4=O)nc3C)ccn2)cn1. The van der Waals surface area contributed by atoms with E-state index in [1.54, 1.807) is 42.3 Å². The minimum atomic E-state index is -2.38. The molecule has 2 fully saturated rings. The van der Waals surface area contributed by atoms with Crippen LogP contribution < -0.4 is 10.1 Å². The number of nitrogens with zero attached hydrogens (tertiary/aromatic N) is 6. The second-order valence-electron chi connectivity index (χ2n) is 8.01.